The fraction of sp³-hybridized carbons (Fsp3) is 0.727. The Morgan fingerprint density at radius 2 is 1.48 bits per heavy atom. The minimum atomic E-state index is -4.86. The zero-order chi connectivity index (χ0) is 19.4. The van der Waals surface area contributed by atoms with Crippen molar-refractivity contribution in [3.63, 3.8) is 0 Å². The summed E-state index contributed by atoms with van der Waals surface area (Å²) in [6.45, 7) is 2.35. The minimum absolute atomic E-state index is 0. The molecule has 2 aliphatic rings. The van der Waals surface area contributed by atoms with Gasteiger partial charge in [-0.3, -0.25) is 0 Å². The van der Waals surface area contributed by atoms with Crippen molar-refractivity contribution in [3.8, 4) is 5.75 Å². The third-order valence-electron chi connectivity index (χ3n) is 6.62. The van der Waals surface area contributed by atoms with Crippen LogP contribution >= 0.6 is 0 Å². The van der Waals surface area contributed by atoms with Crippen LogP contribution in [0.1, 0.15) is 85.5 Å². The Bertz CT molecular complexity index is 607. The van der Waals surface area contributed by atoms with Crippen LogP contribution in [-0.2, 0) is 0 Å². The van der Waals surface area contributed by atoms with Crippen molar-refractivity contribution in [1.82, 2.24) is 0 Å². The molecule has 0 amide bonds. The average Bonchev–Trinajstić information content (AvgIpc) is 2.62. The molecule has 0 N–H and O–H groups in total. The second kappa shape index (κ2) is 8.83. The molecule has 2 saturated carbocycles. The third-order valence-corrected chi connectivity index (χ3v) is 6.62. The van der Waals surface area contributed by atoms with Gasteiger partial charge >= 0.3 is 6.36 Å². The first-order valence-corrected chi connectivity index (χ1v) is 10.4. The SMILES string of the molecule is CC1CCC(CCC2CCC(c3ccc(OC(F)(F)F)c(F)c3)CC2)CC1.[HH].[HH]. The molecule has 0 aromatic heterocycles. The third kappa shape index (κ3) is 6.11. The highest BCUT2D eigenvalue weighted by Crippen LogP contribution is 2.40. The lowest BCUT2D eigenvalue weighted by Crippen LogP contribution is -2.18. The summed E-state index contributed by atoms with van der Waals surface area (Å²) in [5, 5.41) is 0. The topological polar surface area (TPSA) is 9.23 Å². The van der Waals surface area contributed by atoms with Crippen LogP contribution < -0.4 is 4.74 Å². The van der Waals surface area contributed by atoms with E-state index in [-0.39, 0.29) is 8.77 Å². The highest BCUT2D eigenvalue weighted by molar-refractivity contribution is 5.31. The van der Waals surface area contributed by atoms with Gasteiger partial charge in [0.25, 0.3) is 0 Å². The van der Waals surface area contributed by atoms with Crippen molar-refractivity contribution in [2.24, 2.45) is 17.8 Å². The molecule has 5 heteroatoms. The Morgan fingerprint density at radius 3 is 2.00 bits per heavy atom. The maximum atomic E-state index is 13.9. The second-order valence-electron chi connectivity index (χ2n) is 8.66. The molecule has 0 atom stereocenters. The van der Waals surface area contributed by atoms with E-state index in [1.807, 2.05) is 0 Å². The molecular weight excluding hydrogens is 356 g/mol. The van der Waals surface area contributed by atoms with E-state index in [2.05, 4.69) is 11.7 Å². The summed E-state index contributed by atoms with van der Waals surface area (Å²) in [7, 11) is 0. The summed E-state index contributed by atoms with van der Waals surface area (Å²) in [5.74, 6) is 1.10. The molecule has 0 heterocycles. The van der Waals surface area contributed by atoms with Gasteiger partial charge in [-0.15, -0.1) is 13.2 Å². The van der Waals surface area contributed by atoms with Crippen LogP contribution in [0.3, 0.4) is 0 Å². The zero-order valence-corrected chi connectivity index (χ0v) is 16.0. The number of halogens is 4. The molecule has 1 aromatic carbocycles. The van der Waals surface area contributed by atoms with Gasteiger partial charge in [0.2, 0.25) is 0 Å². The Morgan fingerprint density at radius 1 is 0.926 bits per heavy atom. The van der Waals surface area contributed by atoms with Gasteiger partial charge < -0.3 is 4.74 Å². The number of hydrogen-bond donors (Lipinski definition) is 0. The molecule has 0 bridgehead atoms. The van der Waals surface area contributed by atoms with Gasteiger partial charge in [-0.25, -0.2) is 4.39 Å². The predicted octanol–water partition coefficient (Wildman–Crippen LogP) is 8.10. The lowest BCUT2D eigenvalue weighted by atomic mass is 9.74. The van der Waals surface area contributed by atoms with Gasteiger partial charge in [0, 0.05) is 2.85 Å². The van der Waals surface area contributed by atoms with Crippen molar-refractivity contribution in [2.45, 2.75) is 83.4 Å². The van der Waals surface area contributed by atoms with Gasteiger partial charge in [-0.05, 0) is 67.1 Å². The van der Waals surface area contributed by atoms with Crippen LogP contribution in [0.4, 0.5) is 17.6 Å². The number of benzene rings is 1. The maximum Gasteiger partial charge on any atom is 0.573 e. The van der Waals surface area contributed by atoms with E-state index in [0.29, 0.717) is 0 Å². The van der Waals surface area contributed by atoms with E-state index in [1.54, 1.807) is 6.07 Å². The highest BCUT2D eigenvalue weighted by Gasteiger charge is 2.33. The predicted molar refractivity (Wildman–Crippen MR) is 102 cm³/mol. The molecule has 0 spiro atoms. The van der Waals surface area contributed by atoms with E-state index < -0.39 is 17.9 Å². The molecule has 0 aliphatic heterocycles. The molecule has 3 rings (SSSR count). The van der Waals surface area contributed by atoms with Crippen molar-refractivity contribution >= 4 is 0 Å². The lowest BCUT2D eigenvalue weighted by Gasteiger charge is -2.31. The Labute approximate surface area is 162 Å². The van der Waals surface area contributed by atoms with Crippen LogP contribution in [0, 0.1) is 23.6 Å². The van der Waals surface area contributed by atoms with E-state index in [4.69, 9.17) is 0 Å². The molecule has 2 aliphatic carbocycles. The van der Waals surface area contributed by atoms with Crippen molar-refractivity contribution in [2.75, 3.05) is 0 Å². The van der Waals surface area contributed by atoms with Gasteiger partial charge in [-0.2, -0.15) is 0 Å². The molecule has 156 valence electrons. The van der Waals surface area contributed by atoms with Crippen LogP contribution in [0.15, 0.2) is 18.2 Å². The van der Waals surface area contributed by atoms with Gasteiger partial charge in [0.05, 0.1) is 0 Å². The summed E-state index contributed by atoms with van der Waals surface area (Å²) in [6, 6.07) is 3.90. The molecule has 0 unspecified atom stereocenters. The molecule has 2 fully saturated rings. The van der Waals surface area contributed by atoms with E-state index >= 15 is 0 Å². The molecular formula is C22H34F4O. The van der Waals surface area contributed by atoms with Crippen molar-refractivity contribution in [1.29, 1.82) is 0 Å². The minimum Gasteiger partial charge on any atom is -0.403 e. The summed E-state index contributed by atoms with van der Waals surface area (Å²) in [5.41, 5.74) is 0.793. The summed E-state index contributed by atoms with van der Waals surface area (Å²) >= 11 is 0. The first kappa shape index (κ1) is 20.5. The Balaban J connectivity index is 0.00000210. The lowest BCUT2D eigenvalue weighted by molar-refractivity contribution is -0.275. The molecule has 0 radical (unpaired) electrons. The monoisotopic (exact) mass is 390 g/mol. The molecule has 0 saturated heterocycles. The molecule has 1 nitrogen and oxygen atoms in total. The average molecular weight is 391 g/mol. The van der Waals surface area contributed by atoms with E-state index in [0.717, 1.165) is 55.1 Å². The van der Waals surface area contributed by atoms with Crippen LogP contribution in [0.5, 0.6) is 5.75 Å². The smallest absolute Gasteiger partial charge is 0.403 e. The number of rotatable bonds is 5. The first-order valence-electron chi connectivity index (χ1n) is 10.4. The number of alkyl halides is 3. The summed E-state index contributed by atoms with van der Waals surface area (Å²) < 4.78 is 54.4. The van der Waals surface area contributed by atoms with Crippen molar-refractivity contribution in [3.05, 3.63) is 29.6 Å². The first-order chi connectivity index (χ1) is 12.8. The maximum absolute atomic E-state index is 13.9. The second-order valence-corrected chi connectivity index (χ2v) is 8.66. The molecule has 1 aromatic rings. The van der Waals surface area contributed by atoms with Gasteiger partial charge in [0.15, 0.2) is 11.6 Å². The Kier molecular flexibility index (Phi) is 6.69. The number of ether oxygens (including phenoxy) is 1. The molecule has 27 heavy (non-hydrogen) atoms. The van der Waals surface area contributed by atoms with Gasteiger partial charge in [-0.1, -0.05) is 51.5 Å². The fourth-order valence-electron chi connectivity index (χ4n) is 4.85. The van der Waals surface area contributed by atoms with E-state index in [1.165, 1.54) is 44.6 Å². The quantitative estimate of drug-likeness (QED) is 0.462. The normalized spacial score (nSPS) is 29.5. The van der Waals surface area contributed by atoms with Crippen LogP contribution in [0.25, 0.3) is 0 Å². The van der Waals surface area contributed by atoms with Crippen LogP contribution in [0.2, 0.25) is 0 Å². The van der Waals surface area contributed by atoms with Crippen LogP contribution in [-0.4, -0.2) is 6.36 Å². The van der Waals surface area contributed by atoms with E-state index in [9.17, 15) is 17.6 Å². The highest BCUT2D eigenvalue weighted by atomic mass is 19.4. The fourth-order valence-corrected chi connectivity index (χ4v) is 4.85. The summed E-state index contributed by atoms with van der Waals surface area (Å²) in [4.78, 5) is 0. The Hall–Kier alpha value is -1.26. The van der Waals surface area contributed by atoms with Gasteiger partial charge in [0.1, 0.15) is 0 Å². The standard InChI is InChI=1S/C22H30F4O.2H2/c1-15-2-4-16(5-3-15)6-7-17-8-10-18(11-9-17)19-12-13-21(20(23)14-19)27-22(24,25)26;;/h12-18H,2-11H2,1H3;2*1H. The largest absolute Gasteiger partial charge is 0.573 e. The summed E-state index contributed by atoms with van der Waals surface area (Å²) in [6.07, 6.45) is 7.51. The zero-order valence-electron chi connectivity index (χ0n) is 16.0. The van der Waals surface area contributed by atoms with Crippen molar-refractivity contribution < 1.29 is 25.2 Å². The number of hydrogen-bond acceptors (Lipinski definition) is 1.